The zero-order valence-electron chi connectivity index (χ0n) is 21.2. The highest BCUT2D eigenvalue weighted by Gasteiger charge is 2.26. The van der Waals surface area contributed by atoms with Crippen LogP contribution in [0.25, 0.3) is 21.8 Å². The minimum absolute atomic E-state index is 0.231. The second-order valence-corrected chi connectivity index (χ2v) is 10.6. The van der Waals surface area contributed by atoms with Crippen LogP contribution < -0.4 is 11.2 Å². The Kier molecular flexibility index (Phi) is 7.73. The van der Waals surface area contributed by atoms with Crippen molar-refractivity contribution in [1.29, 1.82) is 0 Å². The Bertz CT molecular complexity index is 1530. The van der Waals surface area contributed by atoms with E-state index in [9.17, 15) is 19.5 Å². The topological polar surface area (TPSA) is 86.2 Å². The Morgan fingerprint density at radius 1 is 1.06 bits per heavy atom. The van der Waals surface area contributed by atoms with Gasteiger partial charge in [0.2, 0.25) is 0 Å². The summed E-state index contributed by atoms with van der Waals surface area (Å²) in [6.07, 6.45) is 5.74. The summed E-state index contributed by atoms with van der Waals surface area (Å²) in [6, 6.07) is 11.8. The van der Waals surface area contributed by atoms with Crippen molar-refractivity contribution >= 4 is 39.5 Å². The summed E-state index contributed by atoms with van der Waals surface area (Å²) >= 11 is 1.76. The maximum absolute atomic E-state index is 13.8. The second kappa shape index (κ2) is 10.8. The van der Waals surface area contributed by atoms with E-state index in [1.165, 1.54) is 0 Å². The van der Waals surface area contributed by atoms with E-state index in [1.807, 2.05) is 49.2 Å². The van der Waals surface area contributed by atoms with E-state index in [0.29, 0.717) is 23.2 Å². The summed E-state index contributed by atoms with van der Waals surface area (Å²) in [6.45, 7) is 4.40. The number of carbonyl (C=O) groups is 1. The molecule has 2 atom stereocenters. The number of hydrogen-bond acceptors (Lipinski definition) is 4. The number of aliphatic carboxylic acids is 1. The Hall–Kier alpha value is -3.26. The van der Waals surface area contributed by atoms with Gasteiger partial charge in [0.15, 0.2) is 0 Å². The third kappa shape index (κ3) is 4.87. The number of aromatic nitrogens is 3. The smallest absolute Gasteiger partial charge is 0.332 e. The first-order chi connectivity index (χ1) is 17.2. The van der Waals surface area contributed by atoms with Crippen molar-refractivity contribution in [1.82, 2.24) is 13.7 Å². The average Bonchev–Trinajstić information content (AvgIpc) is 3.17. The maximum Gasteiger partial charge on any atom is 0.332 e. The molecule has 1 unspecified atom stereocenters. The van der Waals surface area contributed by atoms with Crippen molar-refractivity contribution in [2.24, 2.45) is 13.0 Å². The van der Waals surface area contributed by atoms with E-state index in [2.05, 4.69) is 6.92 Å². The van der Waals surface area contributed by atoms with Gasteiger partial charge in [-0.25, -0.2) is 14.2 Å². The molecule has 4 rings (SSSR count). The SMILES string of the molecule is CSCC(C)CCC[C@@H](C(=O)O)n1c(=O)c2ccccc2n(Cc2cn(C)c3cccc(C)c23)c1=O. The van der Waals surface area contributed by atoms with Crippen molar-refractivity contribution in [2.45, 2.75) is 45.7 Å². The van der Waals surface area contributed by atoms with E-state index in [-0.39, 0.29) is 13.0 Å². The molecule has 0 spiro atoms. The number of aryl methyl sites for hydroxylation is 2. The number of fused-ring (bicyclic) bond motifs is 2. The first-order valence-corrected chi connectivity index (χ1v) is 13.6. The fourth-order valence-electron chi connectivity index (χ4n) is 5.18. The summed E-state index contributed by atoms with van der Waals surface area (Å²) < 4.78 is 4.53. The van der Waals surface area contributed by atoms with Gasteiger partial charge in [0.25, 0.3) is 5.56 Å². The number of carboxylic acid groups (broad SMARTS) is 1. The molecule has 190 valence electrons. The van der Waals surface area contributed by atoms with Gasteiger partial charge in [0.05, 0.1) is 17.4 Å². The molecular weight excluding hydrogens is 474 g/mol. The second-order valence-electron chi connectivity index (χ2n) is 9.64. The van der Waals surface area contributed by atoms with Gasteiger partial charge in [-0.3, -0.25) is 9.36 Å². The Morgan fingerprint density at radius 2 is 1.78 bits per heavy atom. The molecule has 4 aromatic rings. The van der Waals surface area contributed by atoms with Crippen molar-refractivity contribution < 1.29 is 9.90 Å². The summed E-state index contributed by atoms with van der Waals surface area (Å²) in [5, 5.41) is 11.5. The molecule has 7 nitrogen and oxygen atoms in total. The summed E-state index contributed by atoms with van der Waals surface area (Å²) in [5.41, 5.74) is 2.46. The molecule has 0 saturated carbocycles. The lowest BCUT2D eigenvalue weighted by Gasteiger charge is -2.19. The first-order valence-electron chi connectivity index (χ1n) is 12.2. The standard InChI is InChI=1S/C28H33N3O4S/c1-18(17-36-4)9-7-14-24(27(33)34)31-26(32)21-11-5-6-12-22(21)30(28(31)35)16-20-15-29(3)23-13-8-10-19(2)25(20)23/h5-6,8,10-13,15,18,24H,7,9,14,16-17H2,1-4H3,(H,33,34)/t18?,24-/m0/s1. The van der Waals surface area contributed by atoms with Crippen LogP contribution in [0.4, 0.5) is 0 Å². The molecule has 8 heteroatoms. The molecule has 0 aliphatic rings. The van der Waals surface area contributed by atoms with E-state index >= 15 is 0 Å². The van der Waals surface area contributed by atoms with E-state index in [4.69, 9.17) is 0 Å². The minimum Gasteiger partial charge on any atom is -0.480 e. The van der Waals surface area contributed by atoms with E-state index < -0.39 is 23.3 Å². The zero-order valence-corrected chi connectivity index (χ0v) is 22.0. The molecule has 0 aliphatic heterocycles. The summed E-state index contributed by atoms with van der Waals surface area (Å²) in [7, 11) is 1.96. The van der Waals surface area contributed by atoms with Crippen LogP contribution in [0.15, 0.2) is 58.3 Å². The highest BCUT2D eigenvalue weighted by atomic mass is 32.2. The number of thioether (sulfide) groups is 1. The number of hydrogen-bond donors (Lipinski definition) is 1. The Balaban J connectivity index is 1.84. The molecule has 36 heavy (non-hydrogen) atoms. The molecule has 0 aliphatic carbocycles. The fourth-order valence-corrected chi connectivity index (χ4v) is 5.92. The Morgan fingerprint density at radius 3 is 2.50 bits per heavy atom. The van der Waals surface area contributed by atoms with Gasteiger partial charge in [-0.1, -0.05) is 37.6 Å². The lowest BCUT2D eigenvalue weighted by Crippen LogP contribution is -2.44. The van der Waals surface area contributed by atoms with Crippen LogP contribution in [0, 0.1) is 12.8 Å². The van der Waals surface area contributed by atoms with Crippen molar-refractivity contribution in [3.05, 3.63) is 80.6 Å². The molecule has 1 N–H and O–H groups in total. The van der Waals surface area contributed by atoms with Gasteiger partial charge in [-0.15, -0.1) is 0 Å². The molecule has 2 aromatic heterocycles. The highest BCUT2D eigenvalue weighted by molar-refractivity contribution is 7.98. The van der Waals surface area contributed by atoms with E-state index in [0.717, 1.165) is 38.8 Å². The molecule has 0 amide bonds. The van der Waals surface area contributed by atoms with Crippen LogP contribution in [0.3, 0.4) is 0 Å². The lowest BCUT2D eigenvalue weighted by molar-refractivity contribution is -0.141. The number of rotatable bonds is 10. The van der Waals surface area contributed by atoms with Crippen LogP contribution in [0.5, 0.6) is 0 Å². The largest absolute Gasteiger partial charge is 0.480 e. The lowest BCUT2D eigenvalue weighted by atomic mass is 10.0. The summed E-state index contributed by atoms with van der Waals surface area (Å²) in [4.78, 5) is 39.6. The van der Waals surface area contributed by atoms with Gasteiger partial charge >= 0.3 is 11.7 Å². The monoisotopic (exact) mass is 507 g/mol. The van der Waals surface area contributed by atoms with Crippen molar-refractivity contribution in [2.75, 3.05) is 12.0 Å². The average molecular weight is 508 g/mol. The van der Waals surface area contributed by atoms with Crippen LogP contribution in [0.2, 0.25) is 0 Å². The first kappa shape index (κ1) is 25.8. The van der Waals surface area contributed by atoms with Crippen LogP contribution >= 0.6 is 11.8 Å². The third-order valence-corrected chi connectivity index (χ3v) is 7.84. The fraction of sp³-hybridized carbons (Fsp3) is 0.393. The molecule has 2 aromatic carbocycles. The normalized spacial score (nSPS) is 13.3. The molecule has 0 bridgehead atoms. The third-order valence-electron chi connectivity index (χ3n) is 6.93. The molecule has 0 saturated heterocycles. The minimum atomic E-state index is -1.21. The summed E-state index contributed by atoms with van der Waals surface area (Å²) in [5.74, 6) is 0.272. The molecular formula is C28H33N3O4S. The van der Waals surface area contributed by atoms with Gasteiger partial charge in [-0.05, 0) is 67.0 Å². The zero-order chi connectivity index (χ0) is 26.0. The van der Waals surface area contributed by atoms with Crippen molar-refractivity contribution in [3.63, 3.8) is 0 Å². The molecule has 0 radical (unpaired) electrons. The highest BCUT2D eigenvalue weighted by Crippen LogP contribution is 2.26. The number of para-hydroxylation sites is 1. The van der Waals surface area contributed by atoms with Gasteiger partial charge < -0.3 is 9.67 Å². The van der Waals surface area contributed by atoms with Gasteiger partial charge in [0.1, 0.15) is 6.04 Å². The predicted octanol–water partition coefficient (Wildman–Crippen LogP) is 4.81. The molecule has 2 heterocycles. The number of carboxylic acids is 1. The van der Waals surface area contributed by atoms with Gasteiger partial charge in [-0.2, -0.15) is 11.8 Å². The molecule has 0 fully saturated rings. The van der Waals surface area contributed by atoms with Crippen LogP contribution in [-0.4, -0.2) is 36.8 Å². The van der Waals surface area contributed by atoms with Crippen LogP contribution in [0.1, 0.15) is 43.4 Å². The predicted molar refractivity (Wildman–Crippen MR) is 147 cm³/mol. The van der Waals surface area contributed by atoms with Crippen LogP contribution in [-0.2, 0) is 18.4 Å². The number of nitrogens with zero attached hydrogens (tertiary/aromatic N) is 3. The van der Waals surface area contributed by atoms with Gasteiger partial charge in [0, 0.05) is 24.1 Å². The Labute approximate surface area is 214 Å². The van der Waals surface area contributed by atoms with Crippen molar-refractivity contribution in [3.8, 4) is 0 Å². The van der Waals surface area contributed by atoms with E-state index in [1.54, 1.807) is 40.6 Å². The quantitative estimate of drug-likeness (QED) is 0.333. The number of benzene rings is 2. The maximum atomic E-state index is 13.8.